The number of carbonyl (C=O) groups excluding carboxylic acids is 2. The van der Waals surface area contributed by atoms with Crippen LogP contribution in [0, 0.1) is 5.82 Å². The maximum atomic E-state index is 13.3. The Morgan fingerprint density at radius 1 is 1.33 bits per heavy atom. The van der Waals surface area contributed by atoms with E-state index in [0.29, 0.717) is 18.0 Å². The molecule has 2 amide bonds. The molecule has 0 radical (unpaired) electrons. The topological polar surface area (TPSA) is 61.9 Å². The van der Waals surface area contributed by atoms with Crippen molar-refractivity contribution in [1.29, 1.82) is 0 Å². The molecule has 1 N–H and O–H groups in total. The Balaban J connectivity index is 1.57. The number of likely N-dealkylation sites (tertiary alicyclic amines) is 1. The summed E-state index contributed by atoms with van der Waals surface area (Å²) in [6, 6.07) is 4.28. The molecular weight excluding hydrogens is 313 g/mol. The summed E-state index contributed by atoms with van der Waals surface area (Å²) in [6.07, 6.45) is 1.91. The summed E-state index contributed by atoms with van der Waals surface area (Å²) in [5.41, 5.74) is 0.690. The van der Waals surface area contributed by atoms with E-state index in [1.165, 1.54) is 12.1 Å². The van der Waals surface area contributed by atoms with Crippen LogP contribution in [0.15, 0.2) is 18.2 Å². The van der Waals surface area contributed by atoms with Crippen molar-refractivity contribution in [3.63, 3.8) is 0 Å². The third-order valence-corrected chi connectivity index (χ3v) is 4.30. The molecule has 3 rings (SSSR count). The molecule has 2 aliphatic rings. The van der Waals surface area contributed by atoms with Crippen LogP contribution in [0.25, 0.3) is 0 Å². The van der Waals surface area contributed by atoms with E-state index in [1.807, 2.05) is 11.8 Å². The molecule has 0 aliphatic carbocycles. The zero-order valence-electron chi connectivity index (χ0n) is 13.8. The Kier molecular flexibility index (Phi) is 4.87. The molecule has 1 atom stereocenters. The standard InChI is InChI=1S/C17H22FN3O3/c1-12-10-21(14-5-4-13(18)8-15(14)24-12)11-16(22)19-9-17(23)20-6-2-3-7-20/h4-5,8,12H,2-3,6-7,9-11H2,1H3,(H,19,22). The Hall–Kier alpha value is -2.31. The van der Waals surface area contributed by atoms with Gasteiger partial charge in [-0.2, -0.15) is 0 Å². The predicted octanol–water partition coefficient (Wildman–Crippen LogP) is 1.15. The smallest absolute Gasteiger partial charge is 0.241 e. The molecule has 6 nitrogen and oxygen atoms in total. The molecule has 0 spiro atoms. The van der Waals surface area contributed by atoms with E-state index in [0.717, 1.165) is 25.9 Å². The number of hydrogen-bond donors (Lipinski definition) is 1. The van der Waals surface area contributed by atoms with Crippen LogP contribution in [0.3, 0.4) is 0 Å². The van der Waals surface area contributed by atoms with E-state index in [-0.39, 0.29) is 36.8 Å². The minimum atomic E-state index is -0.372. The van der Waals surface area contributed by atoms with Gasteiger partial charge in [0, 0.05) is 19.2 Å². The number of nitrogens with one attached hydrogen (secondary N) is 1. The van der Waals surface area contributed by atoms with Crippen LogP contribution in [0.5, 0.6) is 5.75 Å². The highest BCUT2D eigenvalue weighted by atomic mass is 19.1. The second-order valence-corrected chi connectivity index (χ2v) is 6.29. The zero-order chi connectivity index (χ0) is 17.1. The molecule has 130 valence electrons. The Morgan fingerprint density at radius 3 is 2.83 bits per heavy atom. The summed E-state index contributed by atoms with van der Waals surface area (Å²) in [5, 5.41) is 2.68. The second-order valence-electron chi connectivity index (χ2n) is 6.29. The molecule has 1 unspecified atom stereocenters. The van der Waals surface area contributed by atoms with E-state index in [2.05, 4.69) is 5.32 Å². The number of ether oxygens (including phenoxy) is 1. The van der Waals surface area contributed by atoms with Crippen molar-refractivity contribution in [2.75, 3.05) is 37.6 Å². The molecule has 1 saturated heterocycles. The van der Waals surface area contributed by atoms with Crippen LogP contribution in [-0.4, -0.2) is 55.5 Å². The fourth-order valence-electron chi connectivity index (χ4n) is 3.14. The Morgan fingerprint density at radius 2 is 2.08 bits per heavy atom. The molecule has 1 aromatic carbocycles. The molecule has 2 heterocycles. The zero-order valence-corrected chi connectivity index (χ0v) is 13.8. The number of benzene rings is 1. The van der Waals surface area contributed by atoms with Gasteiger partial charge in [-0.15, -0.1) is 0 Å². The first-order valence-electron chi connectivity index (χ1n) is 8.28. The lowest BCUT2D eigenvalue weighted by Crippen LogP contribution is -2.46. The van der Waals surface area contributed by atoms with Gasteiger partial charge in [-0.25, -0.2) is 4.39 Å². The number of rotatable bonds is 4. The highest BCUT2D eigenvalue weighted by Crippen LogP contribution is 2.33. The van der Waals surface area contributed by atoms with Crippen molar-refractivity contribution >= 4 is 17.5 Å². The van der Waals surface area contributed by atoms with Crippen LogP contribution in [0.4, 0.5) is 10.1 Å². The summed E-state index contributed by atoms with van der Waals surface area (Å²) in [7, 11) is 0. The number of fused-ring (bicyclic) bond motifs is 1. The van der Waals surface area contributed by atoms with Crippen LogP contribution < -0.4 is 15.0 Å². The van der Waals surface area contributed by atoms with E-state index >= 15 is 0 Å². The minimum Gasteiger partial charge on any atom is -0.487 e. The average Bonchev–Trinajstić information content (AvgIpc) is 3.06. The fraction of sp³-hybridized carbons (Fsp3) is 0.529. The normalized spacial score (nSPS) is 19.7. The van der Waals surface area contributed by atoms with Gasteiger partial charge in [0.05, 0.1) is 25.3 Å². The van der Waals surface area contributed by atoms with Gasteiger partial charge in [-0.3, -0.25) is 9.59 Å². The lowest BCUT2D eigenvalue weighted by molar-refractivity contribution is -0.131. The van der Waals surface area contributed by atoms with Gasteiger partial charge in [0.2, 0.25) is 11.8 Å². The molecule has 0 saturated carbocycles. The number of anilines is 1. The van der Waals surface area contributed by atoms with Gasteiger partial charge in [0.25, 0.3) is 0 Å². The fourth-order valence-corrected chi connectivity index (χ4v) is 3.14. The summed E-state index contributed by atoms with van der Waals surface area (Å²) in [4.78, 5) is 27.8. The molecule has 0 aromatic heterocycles. The molecule has 0 bridgehead atoms. The largest absolute Gasteiger partial charge is 0.487 e. The van der Waals surface area contributed by atoms with E-state index in [9.17, 15) is 14.0 Å². The molecule has 1 aromatic rings. The summed E-state index contributed by atoms with van der Waals surface area (Å²) < 4.78 is 19.0. The molecule has 7 heteroatoms. The maximum Gasteiger partial charge on any atom is 0.241 e. The predicted molar refractivity (Wildman–Crippen MR) is 87.5 cm³/mol. The average molecular weight is 335 g/mol. The van der Waals surface area contributed by atoms with E-state index in [1.54, 1.807) is 11.0 Å². The van der Waals surface area contributed by atoms with Crippen molar-refractivity contribution in [1.82, 2.24) is 10.2 Å². The molecular formula is C17H22FN3O3. The number of carbonyl (C=O) groups is 2. The first-order valence-corrected chi connectivity index (χ1v) is 8.28. The highest BCUT2D eigenvalue weighted by molar-refractivity contribution is 5.87. The van der Waals surface area contributed by atoms with Crippen molar-refractivity contribution in [3.8, 4) is 5.75 Å². The third-order valence-electron chi connectivity index (χ3n) is 4.30. The van der Waals surface area contributed by atoms with Gasteiger partial charge in [-0.05, 0) is 31.9 Å². The maximum absolute atomic E-state index is 13.3. The van der Waals surface area contributed by atoms with Gasteiger partial charge >= 0.3 is 0 Å². The van der Waals surface area contributed by atoms with Crippen LogP contribution >= 0.6 is 0 Å². The second kappa shape index (κ2) is 7.07. The van der Waals surface area contributed by atoms with E-state index in [4.69, 9.17) is 4.74 Å². The SMILES string of the molecule is CC1CN(CC(=O)NCC(=O)N2CCCC2)c2ccc(F)cc2O1. The Labute approximate surface area is 140 Å². The summed E-state index contributed by atoms with van der Waals surface area (Å²) >= 11 is 0. The van der Waals surface area contributed by atoms with E-state index < -0.39 is 0 Å². The number of amides is 2. The minimum absolute atomic E-state index is 0.0228. The summed E-state index contributed by atoms with van der Waals surface area (Å²) in [5.74, 6) is -0.205. The van der Waals surface area contributed by atoms with Gasteiger partial charge in [0.1, 0.15) is 17.7 Å². The Bertz CT molecular complexity index is 632. The molecule has 1 fully saturated rings. The van der Waals surface area contributed by atoms with Crippen molar-refractivity contribution in [3.05, 3.63) is 24.0 Å². The number of hydrogen-bond acceptors (Lipinski definition) is 4. The molecule has 2 aliphatic heterocycles. The lowest BCUT2D eigenvalue weighted by Gasteiger charge is -2.34. The van der Waals surface area contributed by atoms with Crippen LogP contribution in [0.1, 0.15) is 19.8 Å². The van der Waals surface area contributed by atoms with Gasteiger partial charge in [-0.1, -0.05) is 0 Å². The number of nitrogens with zero attached hydrogens (tertiary/aromatic N) is 2. The first kappa shape index (κ1) is 16.5. The highest BCUT2D eigenvalue weighted by Gasteiger charge is 2.25. The quantitative estimate of drug-likeness (QED) is 0.897. The van der Waals surface area contributed by atoms with Gasteiger partial charge < -0.3 is 19.9 Å². The number of halogens is 1. The first-order chi connectivity index (χ1) is 11.5. The monoisotopic (exact) mass is 335 g/mol. The van der Waals surface area contributed by atoms with Crippen molar-refractivity contribution in [2.24, 2.45) is 0 Å². The van der Waals surface area contributed by atoms with Gasteiger partial charge in [0.15, 0.2) is 0 Å². The lowest BCUT2D eigenvalue weighted by atomic mass is 10.2. The van der Waals surface area contributed by atoms with Crippen molar-refractivity contribution < 1.29 is 18.7 Å². The van der Waals surface area contributed by atoms with Crippen LogP contribution in [0.2, 0.25) is 0 Å². The third kappa shape index (κ3) is 3.77. The molecule has 24 heavy (non-hydrogen) atoms. The summed E-state index contributed by atoms with van der Waals surface area (Å²) in [6.45, 7) is 4.08. The van der Waals surface area contributed by atoms with Crippen molar-refractivity contribution in [2.45, 2.75) is 25.9 Å². The van der Waals surface area contributed by atoms with Crippen LogP contribution in [-0.2, 0) is 9.59 Å².